The second kappa shape index (κ2) is 6.24. The van der Waals surface area contributed by atoms with E-state index >= 15 is 0 Å². The molecule has 0 saturated heterocycles. The van der Waals surface area contributed by atoms with Gasteiger partial charge in [-0.15, -0.1) is 0 Å². The molecule has 1 aliphatic carbocycles. The zero-order valence-corrected chi connectivity index (χ0v) is 15.6. The summed E-state index contributed by atoms with van der Waals surface area (Å²) in [5.74, 6) is -0.486. The van der Waals surface area contributed by atoms with Crippen LogP contribution in [-0.2, 0) is 34.3 Å². The van der Waals surface area contributed by atoms with Gasteiger partial charge in [0, 0.05) is 41.8 Å². The van der Waals surface area contributed by atoms with Crippen molar-refractivity contribution < 1.29 is 19.1 Å². The number of hydrogen-bond acceptors (Lipinski definition) is 4. The van der Waals surface area contributed by atoms with Crippen LogP contribution in [0, 0.1) is 5.92 Å². The highest BCUT2D eigenvalue weighted by molar-refractivity contribution is 5.80. The van der Waals surface area contributed by atoms with Gasteiger partial charge in [-0.3, -0.25) is 4.79 Å². The topological polar surface area (TPSA) is 60.8 Å². The van der Waals surface area contributed by atoms with Crippen LogP contribution in [-0.4, -0.2) is 40.8 Å². The molecule has 2 aliphatic rings. The van der Waals surface area contributed by atoms with Crippen LogP contribution >= 0.6 is 0 Å². The second-order valence-corrected chi connectivity index (χ2v) is 7.67. The molecule has 1 unspecified atom stereocenters. The molecule has 6 heteroatoms. The molecule has 6 nitrogen and oxygen atoms in total. The van der Waals surface area contributed by atoms with E-state index in [0.717, 1.165) is 22.6 Å². The fourth-order valence-corrected chi connectivity index (χ4v) is 3.58. The van der Waals surface area contributed by atoms with Crippen molar-refractivity contribution in [2.75, 3.05) is 13.7 Å². The van der Waals surface area contributed by atoms with E-state index in [4.69, 9.17) is 9.47 Å². The van der Waals surface area contributed by atoms with E-state index < -0.39 is 5.60 Å². The molecule has 1 aromatic heterocycles. The maximum atomic E-state index is 12.4. The van der Waals surface area contributed by atoms with Gasteiger partial charge in [0.1, 0.15) is 5.60 Å². The van der Waals surface area contributed by atoms with Gasteiger partial charge in [-0.25, -0.2) is 4.79 Å². The molecule has 0 bridgehead atoms. The highest BCUT2D eigenvalue weighted by Crippen LogP contribution is 2.20. The number of nitrogens with zero attached hydrogens (tertiary/aromatic N) is 2. The van der Waals surface area contributed by atoms with Crippen LogP contribution in [0.25, 0.3) is 12.2 Å². The molecule has 0 saturated carbocycles. The summed E-state index contributed by atoms with van der Waals surface area (Å²) in [6.45, 7) is 6.75. The molecule has 136 valence electrons. The van der Waals surface area contributed by atoms with E-state index in [1.54, 1.807) is 4.90 Å². The Morgan fingerprint density at radius 3 is 2.64 bits per heavy atom. The van der Waals surface area contributed by atoms with Gasteiger partial charge in [0.05, 0.1) is 19.6 Å². The Kier molecular flexibility index (Phi) is 4.39. The van der Waals surface area contributed by atoms with Crippen molar-refractivity contribution in [1.82, 2.24) is 9.47 Å². The molecule has 25 heavy (non-hydrogen) atoms. The molecule has 0 radical (unpaired) electrons. The molecule has 0 fully saturated rings. The minimum atomic E-state index is -0.511. The molecular formula is C19H26N2O4. The predicted molar refractivity (Wildman–Crippen MR) is 94.1 cm³/mol. The lowest BCUT2D eigenvalue weighted by molar-refractivity contribution is -0.143. The van der Waals surface area contributed by atoms with Gasteiger partial charge in [0.15, 0.2) is 0 Å². The molecule has 0 N–H and O–H groups in total. The van der Waals surface area contributed by atoms with Crippen molar-refractivity contribution in [3.8, 4) is 0 Å². The fraction of sp³-hybridized carbons (Fsp3) is 0.579. The molecule has 2 heterocycles. The van der Waals surface area contributed by atoms with E-state index in [1.165, 1.54) is 12.8 Å². The Labute approximate surface area is 147 Å². The summed E-state index contributed by atoms with van der Waals surface area (Å²) >= 11 is 0. The number of esters is 1. The zero-order chi connectivity index (χ0) is 18.4. The van der Waals surface area contributed by atoms with Crippen LogP contribution in [0.4, 0.5) is 4.79 Å². The first-order valence-corrected chi connectivity index (χ1v) is 8.65. The van der Waals surface area contributed by atoms with Gasteiger partial charge in [-0.2, -0.15) is 0 Å². The standard InChI is InChI=1S/C19H26N2O4/c1-19(2,3)25-18(23)21-9-8-16-14(11-21)13-10-12(17(22)24-5)6-7-15(13)20(16)4/h7,10,12H,6,8-9,11H2,1-5H3. The third-order valence-electron chi connectivity index (χ3n) is 4.77. The maximum Gasteiger partial charge on any atom is 0.410 e. The van der Waals surface area contributed by atoms with Crippen molar-refractivity contribution in [3.63, 3.8) is 0 Å². The van der Waals surface area contributed by atoms with E-state index in [9.17, 15) is 9.59 Å². The van der Waals surface area contributed by atoms with E-state index in [-0.39, 0.29) is 18.0 Å². The molecule has 0 spiro atoms. The lowest BCUT2D eigenvalue weighted by atomic mass is 9.97. The summed E-state index contributed by atoms with van der Waals surface area (Å²) in [7, 11) is 3.46. The Morgan fingerprint density at radius 2 is 2.00 bits per heavy atom. The number of rotatable bonds is 1. The maximum absolute atomic E-state index is 12.4. The van der Waals surface area contributed by atoms with Gasteiger partial charge in [0.2, 0.25) is 0 Å². The van der Waals surface area contributed by atoms with Crippen LogP contribution in [0.5, 0.6) is 0 Å². The zero-order valence-electron chi connectivity index (χ0n) is 15.6. The summed E-state index contributed by atoms with van der Waals surface area (Å²) in [6.07, 6.45) is 5.21. The van der Waals surface area contributed by atoms with E-state index in [2.05, 4.69) is 10.6 Å². The Morgan fingerprint density at radius 1 is 1.28 bits per heavy atom. The third kappa shape index (κ3) is 3.30. The van der Waals surface area contributed by atoms with Crippen LogP contribution in [0.3, 0.4) is 0 Å². The lowest BCUT2D eigenvalue weighted by Crippen LogP contribution is -2.41. The van der Waals surface area contributed by atoms with Crippen LogP contribution in [0.2, 0.25) is 0 Å². The smallest absolute Gasteiger partial charge is 0.410 e. The van der Waals surface area contributed by atoms with Crippen LogP contribution in [0.1, 0.15) is 38.4 Å². The van der Waals surface area contributed by atoms with Gasteiger partial charge >= 0.3 is 12.1 Å². The minimum absolute atomic E-state index is 0.223. The highest BCUT2D eigenvalue weighted by Gasteiger charge is 2.29. The number of methoxy groups -OCH3 is 1. The third-order valence-corrected chi connectivity index (χ3v) is 4.77. The molecule has 1 aromatic rings. The number of hydrogen-bond donors (Lipinski definition) is 0. The number of aromatic nitrogens is 1. The molecule has 1 aliphatic heterocycles. The van der Waals surface area contributed by atoms with Crippen molar-refractivity contribution in [2.45, 2.75) is 45.8 Å². The fourth-order valence-electron chi connectivity index (χ4n) is 3.58. The van der Waals surface area contributed by atoms with Crippen LogP contribution < -0.4 is 10.6 Å². The minimum Gasteiger partial charge on any atom is -0.469 e. The van der Waals surface area contributed by atoms with Crippen molar-refractivity contribution in [3.05, 3.63) is 21.8 Å². The van der Waals surface area contributed by atoms with Gasteiger partial charge in [-0.1, -0.05) is 12.2 Å². The summed E-state index contributed by atoms with van der Waals surface area (Å²) in [5, 5.41) is 2.17. The average Bonchev–Trinajstić information content (AvgIpc) is 2.84. The van der Waals surface area contributed by atoms with Gasteiger partial charge in [-0.05, 0) is 27.2 Å². The van der Waals surface area contributed by atoms with Crippen LogP contribution in [0.15, 0.2) is 0 Å². The molecule has 1 atom stereocenters. The lowest BCUT2D eigenvalue weighted by Gasteiger charge is -2.30. The number of fused-ring (bicyclic) bond motifs is 3. The van der Waals surface area contributed by atoms with Gasteiger partial charge in [0.25, 0.3) is 0 Å². The number of carbonyl (C=O) groups is 2. The van der Waals surface area contributed by atoms with Crippen molar-refractivity contribution in [2.24, 2.45) is 13.0 Å². The average molecular weight is 346 g/mol. The molecule has 0 aromatic carbocycles. The molecule has 1 amide bonds. The Bertz CT molecular complexity index is 829. The molecular weight excluding hydrogens is 320 g/mol. The first-order chi connectivity index (χ1) is 11.7. The second-order valence-electron chi connectivity index (χ2n) is 7.67. The monoisotopic (exact) mass is 346 g/mol. The number of ether oxygens (including phenoxy) is 2. The summed E-state index contributed by atoms with van der Waals surface area (Å²) in [4.78, 5) is 26.1. The normalized spacial score (nSPS) is 19.2. The summed E-state index contributed by atoms with van der Waals surface area (Å²) in [6, 6.07) is 0. The SMILES string of the molecule is COC(=O)C1C=c2c3c(n(C)c2=CC1)CCN(C(=O)OC(C)(C)C)C3. The van der Waals surface area contributed by atoms with Crippen molar-refractivity contribution in [1.29, 1.82) is 0 Å². The largest absolute Gasteiger partial charge is 0.469 e. The first-order valence-electron chi connectivity index (χ1n) is 8.65. The van der Waals surface area contributed by atoms with Gasteiger partial charge < -0.3 is 18.9 Å². The number of amides is 1. The predicted octanol–water partition coefficient (Wildman–Crippen LogP) is 1.07. The Balaban J connectivity index is 1.96. The van der Waals surface area contributed by atoms with E-state index in [1.807, 2.05) is 33.9 Å². The first kappa shape index (κ1) is 17.6. The quantitative estimate of drug-likeness (QED) is 0.714. The molecule has 3 rings (SSSR count). The van der Waals surface area contributed by atoms with Crippen molar-refractivity contribution >= 4 is 24.2 Å². The summed E-state index contributed by atoms with van der Waals surface area (Å²) in [5.41, 5.74) is 1.82. The summed E-state index contributed by atoms with van der Waals surface area (Å²) < 4.78 is 12.6. The highest BCUT2D eigenvalue weighted by atomic mass is 16.6. The Hall–Kier alpha value is -2.24. The number of carbonyl (C=O) groups excluding carboxylic acids is 2. The van der Waals surface area contributed by atoms with E-state index in [0.29, 0.717) is 19.5 Å².